The van der Waals surface area contributed by atoms with Gasteiger partial charge in [0.05, 0.1) is 23.3 Å². The Hall–Kier alpha value is -3.70. The Morgan fingerprint density at radius 3 is 2.58 bits per heavy atom. The lowest BCUT2D eigenvalue weighted by atomic mass is 9.93. The predicted molar refractivity (Wildman–Crippen MR) is 125 cm³/mol. The predicted octanol–water partition coefficient (Wildman–Crippen LogP) is 5.38. The molecular formula is C24H25F4N7O. The summed E-state index contributed by atoms with van der Waals surface area (Å²) in [6.45, 7) is 2.72. The zero-order valence-corrected chi connectivity index (χ0v) is 19.8. The van der Waals surface area contributed by atoms with E-state index in [1.165, 1.54) is 0 Å². The Labute approximate surface area is 204 Å². The molecular weight excluding hydrogens is 478 g/mol. The molecule has 4 aromatic rings. The van der Waals surface area contributed by atoms with Crippen LogP contribution >= 0.6 is 0 Å². The molecule has 4 aromatic heterocycles. The van der Waals surface area contributed by atoms with E-state index in [4.69, 9.17) is 9.84 Å². The number of anilines is 1. The van der Waals surface area contributed by atoms with Gasteiger partial charge in [-0.05, 0) is 38.7 Å². The van der Waals surface area contributed by atoms with Gasteiger partial charge in [-0.1, -0.05) is 0 Å². The zero-order chi connectivity index (χ0) is 25.4. The number of hydrogen-bond donors (Lipinski definition) is 1. The van der Waals surface area contributed by atoms with Crippen LogP contribution in [0.1, 0.15) is 44.2 Å². The van der Waals surface area contributed by atoms with Crippen molar-refractivity contribution < 1.29 is 22.3 Å². The maximum atomic E-state index is 14.4. The summed E-state index contributed by atoms with van der Waals surface area (Å²) in [5.41, 5.74) is 1.21. The molecule has 0 unspecified atom stereocenters. The van der Waals surface area contributed by atoms with E-state index in [1.54, 1.807) is 17.1 Å². The van der Waals surface area contributed by atoms with Gasteiger partial charge in [-0.15, -0.1) is 0 Å². The summed E-state index contributed by atoms with van der Waals surface area (Å²) in [4.78, 5) is 8.20. The lowest BCUT2D eigenvalue weighted by molar-refractivity contribution is -0.140. The van der Waals surface area contributed by atoms with Crippen LogP contribution in [0.3, 0.4) is 0 Å². The number of alkyl halides is 3. The Balaban J connectivity index is 1.38. The number of fused-ring (bicyclic) bond motifs is 1. The van der Waals surface area contributed by atoms with Gasteiger partial charge in [-0.2, -0.15) is 23.4 Å². The fraction of sp³-hybridized carbons (Fsp3) is 0.417. The van der Waals surface area contributed by atoms with Crippen LogP contribution in [0.4, 0.5) is 23.4 Å². The zero-order valence-electron chi connectivity index (χ0n) is 19.8. The van der Waals surface area contributed by atoms with E-state index in [9.17, 15) is 17.6 Å². The summed E-state index contributed by atoms with van der Waals surface area (Å²) in [7, 11) is 1.84. The van der Waals surface area contributed by atoms with Crippen LogP contribution in [0.5, 0.6) is 5.88 Å². The fourth-order valence-electron chi connectivity index (χ4n) is 4.64. The largest absolute Gasteiger partial charge is 0.472 e. The highest BCUT2D eigenvalue weighted by Gasteiger charge is 2.36. The fourth-order valence-corrected chi connectivity index (χ4v) is 4.64. The van der Waals surface area contributed by atoms with Crippen LogP contribution in [0.2, 0.25) is 0 Å². The molecule has 1 saturated carbocycles. The number of ether oxygens (including phenoxy) is 1. The Kier molecular flexibility index (Phi) is 6.27. The lowest BCUT2D eigenvalue weighted by Gasteiger charge is -2.29. The molecule has 0 radical (unpaired) electrons. The van der Waals surface area contributed by atoms with Gasteiger partial charge in [0.2, 0.25) is 0 Å². The number of hydrogen-bond acceptors (Lipinski definition) is 6. The van der Waals surface area contributed by atoms with Crippen molar-refractivity contribution in [2.45, 2.75) is 50.9 Å². The molecule has 190 valence electrons. The molecule has 1 aliphatic carbocycles. The highest BCUT2D eigenvalue weighted by Crippen LogP contribution is 2.38. The van der Waals surface area contributed by atoms with E-state index in [2.05, 4.69) is 20.4 Å². The molecule has 8 nitrogen and oxygen atoms in total. The lowest BCUT2D eigenvalue weighted by Crippen LogP contribution is -2.27. The molecule has 0 saturated heterocycles. The number of halogens is 4. The monoisotopic (exact) mass is 503 g/mol. The number of nitrogens with one attached hydrogen (secondary N) is 1. The van der Waals surface area contributed by atoms with Gasteiger partial charge in [0, 0.05) is 49.2 Å². The van der Waals surface area contributed by atoms with Crippen molar-refractivity contribution in [3.8, 4) is 17.1 Å². The van der Waals surface area contributed by atoms with Crippen molar-refractivity contribution >= 4 is 16.7 Å². The maximum absolute atomic E-state index is 14.4. The average Bonchev–Trinajstić information content (AvgIpc) is 3.44. The summed E-state index contributed by atoms with van der Waals surface area (Å²) in [6.07, 6.45) is 3.49. The van der Waals surface area contributed by atoms with E-state index >= 15 is 0 Å². The first-order valence-electron chi connectivity index (χ1n) is 11.7. The van der Waals surface area contributed by atoms with Gasteiger partial charge < -0.3 is 10.1 Å². The molecule has 0 aliphatic heterocycles. The molecule has 0 bridgehead atoms. The number of pyridine rings is 2. The van der Waals surface area contributed by atoms with Gasteiger partial charge in [0.25, 0.3) is 5.88 Å². The number of nitrogens with zero attached hydrogens (tertiary/aromatic N) is 6. The molecule has 0 atom stereocenters. The Bertz CT molecular complexity index is 1370. The quantitative estimate of drug-likeness (QED) is 0.356. The van der Waals surface area contributed by atoms with E-state index in [1.807, 2.05) is 30.9 Å². The third-order valence-corrected chi connectivity index (χ3v) is 6.36. The molecule has 1 fully saturated rings. The van der Waals surface area contributed by atoms with Crippen LogP contribution in [0.25, 0.3) is 22.2 Å². The van der Waals surface area contributed by atoms with Gasteiger partial charge in [-0.25, -0.2) is 14.4 Å². The highest BCUT2D eigenvalue weighted by molar-refractivity contribution is 5.93. The summed E-state index contributed by atoms with van der Waals surface area (Å²) < 4.78 is 62.7. The van der Waals surface area contributed by atoms with Crippen molar-refractivity contribution in [3.05, 3.63) is 48.3 Å². The minimum Gasteiger partial charge on any atom is -0.472 e. The van der Waals surface area contributed by atoms with Crippen molar-refractivity contribution in [1.29, 1.82) is 0 Å². The van der Waals surface area contributed by atoms with E-state index in [-0.39, 0.29) is 6.04 Å². The van der Waals surface area contributed by atoms with Crippen molar-refractivity contribution in [1.82, 2.24) is 29.5 Å². The molecule has 1 aliphatic rings. The average molecular weight is 504 g/mol. The van der Waals surface area contributed by atoms with Gasteiger partial charge in [0.15, 0.2) is 5.82 Å². The first-order chi connectivity index (χ1) is 17.2. The first kappa shape index (κ1) is 24.0. The van der Waals surface area contributed by atoms with Crippen LogP contribution in [-0.4, -0.2) is 42.2 Å². The maximum Gasteiger partial charge on any atom is 0.419 e. The van der Waals surface area contributed by atoms with Crippen LogP contribution in [0.15, 0.2) is 36.9 Å². The number of rotatable bonds is 6. The minimum absolute atomic E-state index is 0.0361. The smallest absolute Gasteiger partial charge is 0.419 e. The second-order valence-electron chi connectivity index (χ2n) is 8.84. The van der Waals surface area contributed by atoms with Crippen molar-refractivity contribution in [3.63, 3.8) is 0 Å². The van der Waals surface area contributed by atoms with Crippen LogP contribution in [0, 0.1) is 5.82 Å². The molecule has 5 rings (SSSR count). The molecule has 0 spiro atoms. The normalized spacial score (nSPS) is 18.5. The van der Waals surface area contributed by atoms with E-state index in [0.29, 0.717) is 31.7 Å². The van der Waals surface area contributed by atoms with Crippen molar-refractivity contribution in [2.24, 2.45) is 7.05 Å². The summed E-state index contributed by atoms with van der Waals surface area (Å²) in [5, 5.41) is 13.3. The number of aryl methyl sites for hydroxylation is 1. The summed E-state index contributed by atoms with van der Waals surface area (Å²) >= 11 is 0. The van der Waals surface area contributed by atoms with Gasteiger partial charge >= 0.3 is 6.18 Å². The Morgan fingerprint density at radius 1 is 1.14 bits per heavy atom. The summed E-state index contributed by atoms with van der Waals surface area (Å²) in [5.74, 6) is -1.35. The second-order valence-corrected chi connectivity index (χ2v) is 8.84. The molecule has 36 heavy (non-hydrogen) atoms. The third-order valence-electron chi connectivity index (χ3n) is 6.36. The summed E-state index contributed by atoms with van der Waals surface area (Å²) in [6, 6.07) is 2.61. The van der Waals surface area contributed by atoms with Crippen LogP contribution in [-0.2, 0) is 13.2 Å². The Morgan fingerprint density at radius 2 is 1.92 bits per heavy atom. The molecule has 0 amide bonds. The topological polar surface area (TPSA) is 82.7 Å². The highest BCUT2D eigenvalue weighted by atomic mass is 19.4. The minimum atomic E-state index is -4.81. The molecule has 0 aromatic carbocycles. The molecule has 12 heteroatoms. The van der Waals surface area contributed by atoms with Crippen LogP contribution < -0.4 is 10.1 Å². The first-order valence-corrected chi connectivity index (χ1v) is 11.7. The SMILES string of the molecule is CCNc1cc2c(cn1)c(-c1cnn(C)c1)nn2C1CCC(Oc2nccc(C(F)(F)F)c2F)CC1. The second kappa shape index (κ2) is 9.40. The van der Waals surface area contributed by atoms with Gasteiger partial charge in [-0.3, -0.25) is 9.36 Å². The van der Waals surface area contributed by atoms with Crippen molar-refractivity contribution in [2.75, 3.05) is 11.9 Å². The van der Waals surface area contributed by atoms with E-state index in [0.717, 1.165) is 40.7 Å². The van der Waals surface area contributed by atoms with Gasteiger partial charge in [0.1, 0.15) is 17.6 Å². The number of aromatic nitrogens is 6. The standard InChI is InChI=1S/C24H25F4N7O/c1-3-29-20-10-19-17(12-31-20)22(14-11-32-34(2)13-14)33-35(19)15-4-6-16(7-5-15)36-23-21(25)18(8-9-30-23)24(26,27)28/h8-13,15-16H,3-7H2,1-2H3,(H,29,31). The third kappa shape index (κ3) is 4.59. The molecule has 1 N–H and O–H groups in total. The van der Waals surface area contributed by atoms with E-state index < -0.39 is 29.5 Å². The molecule has 4 heterocycles.